The van der Waals surface area contributed by atoms with Crippen LogP contribution in [0.25, 0.3) is 21.1 Å². The van der Waals surface area contributed by atoms with Gasteiger partial charge < -0.3 is 68.8 Å². The predicted octanol–water partition coefficient (Wildman–Crippen LogP) is 9.43. The number of carbonyl (C=O) groups is 4. The molecule has 4 aliphatic heterocycles. The summed E-state index contributed by atoms with van der Waals surface area (Å²) in [6.45, 7) is 20.6. The first-order chi connectivity index (χ1) is 46.6. The van der Waals surface area contributed by atoms with Crippen LogP contribution in [-0.4, -0.2) is 170 Å². The third-order valence-corrected chi connectivity index (χ3v) is 19.4. The first-order valence-corrected chi connectivity index (χ1v) is 34.9. The quantitative estimate of drug-likeness (QED) is 0.0159. The highest BCUT2D eigenvalue weighted by molar-refractivity contribution is 7.13. The van der Waals surface area contributed by atoms with E-state index < -0.39 is 72.3 Å². The van der Waals surface area contributed by atoms with E-state index in [1.807, 2.05) is 106 Å². The number of amides is 4. The maximum Gasteiger partial charge on any atom is 0.407 e. The lowest BCUT2D eigenvalue weighted by Gasteiger charge is -2.34. The minimum atomic E-state index is -1.20. The van der Waals surface area contributed by atoms with Crippen LogP contribution in [0.5, 0.6) is 11.5 Å². The predicted molar refractivity (Wildman–Crippen MR) is 372 cm³/mol. The summed E-state index contributed by atoms with van der Waals surface area (Å²) in [5, 5.41) is 40.8. The Bertz CT molecular complexity index is 3540. The summed E-state index contributed by atoms with van der Waals surface area (Å²) in [6, 6.07) is 28.4. The fourth-order valence-electron chi connectivity index (χ4n) is 11.8. The molecule has 8 N–H and O–H groups in total. The van der Waals surface area contributed by atoms with E-state index in [0.29, 0.717) is 38.5 Å². The number of nitrogens with two attached hydrogens (primary N) is 1. The number of hydrogen-bond donors (Lipinski definition) is 7. The molecule has 2 aromatic heterocycles. The van der Waals surface area contributed by atoms with Gasteiger partial charge in [0.05, 0.1) is 95.3 Å². The number of aromatic nitrogens is 2. The second-order valence-corrected chi connectivity index (χ2v) is 30.1. The molecule has 6 aromatic rings. The van der Waals surface area contributed by atoms with E-state index in [0.717, 1.165) is 73.4 Å². The number of methoxy groups -OCH3 is 3. The molecule has 0 spiro atoms. The van der Waals surface area contributed by atoms with Crippen LogP contribution in [0, 0.1) is 17.3 Å². The Labute approximate surface area is 582 Å². The number of hydrazine groups is 2. The molecule has 4 amide bonds. The Kier molecular flexibility index (Phi) is 25.7. The van der Waals surface area contributed by atoms with Crippen molar-refractivity contribution in [3.8, 4) is 32.6 Å². The summed E-state index contributed by atoms with van der Waals surface area (Å²) in [6.07, 6.45) is -3.67. The van der Waals surface area contributed by atoms with Gasteiger partial charge in [0.1, 0.15) is 39.8 Å². The molecule has 1 unspecified atom stereocenters. The van der Waals surface area contributed by atoms with Crippen LogP contribution in [0.15, 0.2) is 108 Å². The van der Waals surface area contributed by atoms with Gasteiger partial charge in [0.25, 0.3) is 5.91 Å². The number of thiazole rings is 2. The number of carbonyl (C=O) groups excluding carboxylic acids is 4. The molecule has 0 bridgehead atoms. The molecule has 0 aliphatic carbocycles. The first-order valence-electron chi connectivity index (χ1n) is 33.2. The molecule has 0 saturated carbocycles. The van der Waals surface area contributed by atoms with E-state index in [4.69, 9.17) is 58.4 Å². The average molecular weight is 1390 g/mol. The maximum absolute atomic E-state index is 13.9. The lowest BCUT2D eigenvalue weighted by molar-refractivity contribution is -0.131. The van der Waals surface area contributed by atoms with Crippen molar-refractivity contribution in [2.75, 3.05) is 60.8 Å². The number of benzene rings is 4. The van der Waals surface area contributed by atoms with Crippen molar-refractivity contribution in [2.24, 2.45) is 23.1 Å². The Hall–Kier alpha value is -7.34. The minimum Gasteiger partial charge on any atom is -0.497 e. The van der Waals surface area contributed by atoms with Gasteiger partial charge in [0, 0.05) is 58.9 Å². The molecule has 98 heavy (non-hydrogen) atoms. The standard InChI is InChI=1S/C40H55N5O9S.C32H42N4O6S/c1-39(2,3)32-23-55-35(42-32)26-13-9-25(10-14-26)20-45(44-34(47)33(40(4,5)6)43-37(48)51-8)21-30(46)29(19-24-11-15-27(50-7)16-12-24)41-38(49)54-31-22-53-36-28(31)17-18-52-36;1-32(2,3)28-19-43-29(35-28)22-9-5-21(6-10-22)16-36(33)17-26(37)25(15-20-7-11-23(39-4)12-8-20)34-31(38)42-27-18-41-30-24(27)13-14-40-30/h9-16,23,28-31,33,36,46H,17-22H2,1-8H3,(H,41,49)(H,43,48)(H,44,47);5-12,19,24-27,30,37H,13-18,33H2,1-4H3,(H,34,38)/t28-,29-,30-,31-,33?,36+;24-,25-,26-,27-,30+/m00/s1. The molecule has 0 radical (unpaired) electrons. The molecule has 26 heteroatoms. The zero-order valence-electron chi connectivity index (χ0n) is 58.1. The van der Waals surface area contributed by atoms with Crippen LogP contribution in [0.3, 0.4) is 0 Å². The van der Waals surface area contributed by atoms with Crippen LogP contribution < -0.4 is 36.7 Å². The largest absolute Gasteiger partial charge is 0.497 e. The number of nitrogens with one attached hydrogen (secondary N) is 4. The molecule has 6 heterocycles. The van der Waals surface area contributed by atoms with Crippen LogP contribution in [0.2, 0.25) is 0 Å². The fraction of sp³-hybridized carbons (Fsp3) is 0.528. The van der Waals surface area contributed by atoms with Crippen molar-refractivity contribution in [1.82, 2.24) is 41.4 Å². The number of nitrogens with zero attached hydrogens (tertiary/aromatic N) is 4. The first kappa shape index (κ1) is 74.9. The van der Waals surface area contributed by atoms with Crippen molar-refractivity contribution in [3.63, 3.8) is 0 Å². The van der Waals surface area contributed by atoms with Gasteiger partial charge in [0.2, 0.25) is 0 Å². The maximum atomic E-state index is 13.9. The summed E-state index contributed by atoms with van der Waals surface area (Å²) < 4.78 is 49.3. The lowest BCUT2D eigenvalue weighted by Crippen LogP contribution is -2.59. The summed E-state index contributed by atoms with van der Waals surface area (Å²) in [5.74, 6) is 7.23. The van der Waals surface area contributed by atoms with E-state index in [2.05, 4.69) is 73.7 Å². The van der Waals surface area contributed by atoms with E-state index >= 15 is 0 Å². The fourth-order valence-corrected chi connectivity index (χ4v) is 13.9. The number of rotatable bonds is 25. The topological polar surface area (TPSA) is 298 Å². The van der Waals surface area contributed by atoms with Crippen molar-refractivity contribution in [2.45, 2.75) is 167 Å². The molecule has 4 aliphatic rings. The molecule has 532 valence electrons. The van der Waals surface area contributed by atoms with Crippen molar-refractivity contribution in [3.05, 3.63) is 141 Å². The highest BCUT2D eigenvalue weighted by atomic mass is 32.1. The zero-order valence-corrected chi connectivity index (χ0v) is 59.7. The van der Waals surface area contributed by atoms with Gasteiger partial charge in [-0.3, -0.25) is 16.1 Å². The minimum absolute atomic E-state index is 0.00527. The van der Waals surface area contributed by atoms with Crippen LogP contribution in [0.4, 0.5) is 14.4 Å². The lowest BCUT2D eigenvalue weighted by atomic mass is 9.86. The molecule has 4 saturated heterocycles. The summed E-state index contributed by atoms with van der Waals surface area (Å²) in [7, 11) is 4.42. The number of alkyl carbamates (subject to hydrolysis) is 3. The third kappa shape index (κ3) is 20.9. The molecular weight excluding hydrogens is 1290 g/mol. The van der Waals surface area contributed by atoms with Gasteiger partial charge in [0.15, 0.2) is 12.6 Å². The summed E-state index contributed by atoms with van der Waals surface area (Å²) in [4.78, 5) is 62.2. The molecule has 10 rings (SSSR count). The van der Waals surface area contributed by atoms with Gasteiger partial charge >= 0.3 is 18.3 Å². The van der Waals surface area contributed by atoms with Crippen molar-refractivity contribution < 1.29 is 72.0 Å². The smallest absolute Gasteiger partial charge is 0.407 e. The van der Waals surface area contributed by atoms with Crippen molar-refractivity contribution in [1.29, 1.82) is 0 Å². The SMILES string of the molecule is COC(=O)NC(C(=O)NN(Cc1ccc(-c2nc(C(C)(C)C)cs2)cc1)C[C@H](O)[C@H](Cc1ccc(OC)cc1)NC(=O)O[C@H]1CO[C@H]2OCC[C@H]21)C(C)(C)C.COc1ccc(C[C@H](NC(=O)O[C@H]2CO[C@H]3OCC[C@H]32)[C@@H](O)CN(N)Cc2ccc(-c3nc(C(C)(C)C)cs3)cc2)cc1. The van der Waals surface area contributed by atoms with Crippen LogP contribution >= 0.6 is 22.7 Å². The van der Waals surface area contributed by atoms with Crippen LogP contribution in [-0.2, 0) is 74.7 Å². The second kappa shape index (κ2) is 33.7. The van der Waals surface area contributed by atoms with Gasteiger partial charge in [-0.1, -0.05) is 135 Å². The summed E-state index contributed by atoms with van der Waals surface area (Å²) >= 11 is 3.22. The molecule has 11 atom stereocenters. The third-order valence-electron chi connectivity index (χ3n) is 17.6. The van der Waals surface area contributed by atoms with Gasteiger partial charge in [-0.2, -0.15) is 0 Å². The van der Waals surface area contributed by atoms with Gasteiger partial charge in [-0.15, -0.1) is 22.7 Å². The highest BCUT2D eigenvalue weighted by Crippen LogP contribution is 2.36. The second-order valence-electron chi connectivity index (χ2n) is 28.4. The molecular formula is C72H97N9O15S2. The number of aliphatic hydroxyl groups excluding tert-OH is 2. The Morgan fingerprint density at radius 3 is 1.39 bits per heavy atom. The zero-order chi connectivity index (χ0) is 70.5. The Morgan fingerprint density at radius 1 is 0.571 bits per heavy atom. The number of fused-ring (bicyclic) bond motifs is 2. The van der Waals surface area contributed by atoms with Gasteiger partial charge in [-0.05, 0) is 77.6 Å². The number of aliphatic hydroxyl groups is 2. The molecule has 4 fully saturated rings. The number of ether oxygens (including phenoxy) is 9. The molecule has 24 nitrogen and oxygen atoms in total. The highest BCUT2D eigenvalue weighted by Gasteiger charge is 2.46. The normalized spacial score (nSPS) is 20.6. The van der Waals surface area contributed by atoms with Crippen molar-refractivity contribution >= 4 is 46.9 Å². The van der Waals surface area contributed by atoms with E-state index in [1.165, 1.54) is 7.11 Å². The average Bonchev–Trinajstić information content (AvgIpc) is 1.54. The van der Waals surface area contributed by atoms with E-state index in [-0.39, 0.29) is 67.7 Å². The Morgan fingerprint density at radius 2 is 0.990 bits per heavy atom. The monoisotopic (exact) mass is 1390 g/mol. The van der Waals surface area contributed by atoms with E-state index in [9.17, 15) is 29.4 Å². The molecule has 4 aromatic carbocycles. The number of hydrogen-bond acceptors (Lipinski definition) is 22. The Balaban J connectivity index is 0.000000236. The summed E-state index contributed by atoms with van der Waals surface area (Å²) in [5.41, 5.74) is 9.87. The van der Waals surface area contributed by atoms with Crippen LogP contribution in [0.1, 0.15) is 109 Å². The van der Waals surface area contributed by atoms with E-state index in [1.54, 1.807) is 59.0 Å². The van der Waals surface area contributed by atoms with Gasteiger partial charge in [-0.25, -0.2) is 34.4 Å².